The fourth-order valence-electron chi connectivity index (χ4n) is 1.44. The fraction of sp³-hybridized carbons (Fsp3) is 0.214. The van der Waals surface area contributed by atoms with Crippen molar-refractivity contribution in [1.29, 1.82) is 0 Å². The van der Waals surface area contributed by atoms with E-state index >= 15 is 0 Å². The second-order valence-corrected chi connectivity index (χ2v) is 3.79. The highest BCUT2D eigenvalue weighted by molar-refractivity contribution is 5.92. The van der Waals surface area contributed by atoms with Gasteiger partial charge in [-0.15, -0.1) is 6.42 Å². The molecule has 1 amide bonds. The number of carbonyl (C=O) groups is 1. The molecule has 1 rings (SSSR count). The van der Waals surface area contributed by atoms with Gasteiger partial charge in [-0.2, -0.15) is 0 Å². The summed E-state index contributed by atoms with van der Waals surface area (Å²) in [6.07, 6.45) is 8.49. The van der Waals surface area contributed by atoms with Crippen LogP contribution in [-0.2, 0) is 4.79 Å². The zero-order valence-electron chi connectivity index (χ0n) is 10.5. The molecular weight excluding hydrogens is 244 g/mol. The zero-order chi connectivity index (χ0) is 14.3. The molecule has 1 N–H and O–H groups in total. The lowest BCUT2D eigenvalue weighted by molar-refractivity contribution is -0.385. The van der Waals surface area contributed by atoms with Crippen LogP contribution in [0.1, 0.15) is 18.9 Å². The van der Waals surface area contributed by atoms with Crippen molar-refractivity contribution in [3.63, 3.8) is 0 Å². The fourth-order valence-corrected chi connectivity index (χ4v) is 1.44. The van der Waals surface area contributed by atoms with Gasteiger partial charge in [0.15, 0.2) is 0 Å². The highest BCUT2D eigenvalue weighted by Gasteiger charge is 2.10. The molecule has 5 heteroatoms. The summed E-state index contributed by atoms with van der Waals surface area (Å²) < 4.78 is 0. The molecule has 0 aliphatic rings. The van der Waals surface area contributed by atoms with Crippen LogP contribution >= 0.6 is 0 Å². The Balaban J connectivity index is 2.80. The van der Waals surface area contributed by atoms with Crippen LogP contribution in [0.4, 0.5) is 5.69 Å². The van der Waals surface area contributed by atoms with Gasteiger partial charge in [-0.25, -0.2) is 0 Å². The lowest BCUT2D eigenvalue weighted by Gasteiger charge is -2.07. The number of amides is 1. The molecule has 0 fully saturated rings. The number of benzene rings is 1. The van der Waals surface area contributed by atoms with Gasteiger partial charge in [-0.3, -0.25) is 14.9 Å². The third-order valence-electron chi connectivity index (χ3n) is 2.47. The van der Waals surface area contributed by atoms with Gasteiger partial charge < -0.3 is 5.32 Å². The molecule has 0 spiro atoms. The molecular formula is C14H14N2O3. The number of carbonyl (C=O) groups excluding carboxylic acids is 1. The number of nitrogens with one attached hydrogen (secondary N) is 1. The summed E-state index contributed by atoms with van der Waals surface area (Å²) in [5.41, 5.74) is 0.326. The Morgan fingerprint density at radius 1 is 1.58 bits per heavy atom. The molecule has 0 radical (unpaired) electrons. The van der Waals surface area contributed by atoms with Crippen LogP contribution in [0, 0.1) is 22.5 Å². The SMILES string of the molecule is C#CC(CC)NC(=O)/C=C/c1ccccc1[N+](=O)[O-]. The highest BCUT2D eigenvalue weighted by atomic mass is 16.6. The minimum atomic E-state index is -0.492. The molecule has 1 unspecified atom stereocenters. The quantitative estimate of drug-likeness (QED) is 0.380. The number of hydrogen-bond acceptors (Lipinski definition) is 3. The van der Waals surface area contributed by atoms with Crippen LogP contribution < -0.4 is 5.32 Å². The number of terminal acetylenes is 1. The van der Waals surface area contributed by atoms with E-state index in [2.05, 4.69) is 11.2 Å². The summed E-state index contributed by atoms with van der Waals surface area (Å²) in [4.78, 5) is 21.9. The molecule has 98 valence electrons. The molecule has 5 nitrogen and oxygen atoms in total. The van der Waals surface area contributed by atoms with Crippen LogP contribution in [0.25, 0.3) is 6.08 Å². The summed E-state index contributed by atoms with van der Waals surface area (Å²) in [6.45, 7) is 1.86. The van der Waals surface area contributed by atoms with Gasteiger partial charge in [0.2, 0.25) is 5.91 Å². The van der Waals surface area contributed by atoms with E-state index < -0.39 is 4.92 Å². The van der Waals surface area contributed by atoms with Gasteiger partial charge in [-0.1, -0.05) is 25.0 Å². The van der Waals surface area contributed by atoms with Crippen molar-refractivity contribution in [2.75, 3.05) is 0 Å². The van der Waals surface area contributed by atoms with Crippen LogP contribution in [0.15, 0.2) is 30.3 Å². The molecule has 0 aliphatic carbocycles. The van der Waals surface area contributed by atoms with Gasteiger partial charge in [0.05, 0.1) is 16.5 Å². The van der Waals surface area contributed by atoms with Crippen molar-refractivity contribution in [3.05, 3.63) is 46.0 Å². The molecule has 0 aromatic heterocycles. The van der Waals surface area contributed by atoms with Crippen molar-refractivity contribution < 1.29 is 9.72 Å². The van der Waals surface area contributed by atoms with Crippen molar-refractivity contribution >= 4 is 17.7 Å². The highest BCUT2D eigenvalue weighted by Crippen LogP contribution is 2.18. The van der Waals surface area contributed by atoms with E-state index in [4.69, 9.17) is 6.42 Å². The first-order valence-corrected chi connectivity index (χ1v) is 5.76. The number of rotatable bonds is 5. The lowest BCUT2D eigenvalue weighted by Crippen LogP contribution is -2.31. The van der Waals surface area contributed by atoms with Gasteiger partial charge in [0.25, 0.3) is 5.69 Å². The molecule has 0 saturated heterocycles. The Morgan fingerprint density at radius 2 is 2.26 bits per heavy atom. The summed E-state index contributed by atoms with van der Waals surface area (Å²) in [7, 11) is 0. The van der Waals surface area contributed by atoms with Crippen LogP contribution in [-0.4, -0.2) is 16.9 Å². The standard InChI is InChI=1S/C14H14N2O3/c1-3-12(4-2)15-14(17)10-9-11-7-5-6-8-13(11)16(18)19/h1,5-10,12H,4H2,2H3,(H,15,17)/b10-9+. The number of nitrogens with zero attached hydrogens (tertiary/aromatic N) is 1. The lowest BCUT2D eigenvalue weighted by atomic mass is 10.1. The van der Waals surface area contributed by atoms with E-state index in [0.717, 1.165) is 0 Å². The Hall–Kier alpha value is -2.61. The predicted octanol–water partition coefficient (Wildman–Crippen LogP) is 2.14. The average Bonchev–Trinajstić information content (AvgIpc) is 2.42. The topological polar surface area (TPSA) is 72.2 Å². The Kier molecular flexibility index (Phi) is 5.30. The molecule has 0 bridgehead atoms. The smallest absolute Gasteiger partial charge is 0.276 e. The molecule has 1 aromatic carbocycles. The second kappa shape index (κ2) is 6.97. The van der Waals surface area contributed by atoms with Gasteiger partial charge in [-0.05, 0) is 18.6 Å². The summed E-state index contributed by atoms with van der Waals surface area (Å²) >= 11 is 0. The minimum absolute atomic E-state index is 0.0458. The largest absolute Gasteiger partial charge is 0.339 e. The van der Waals surface area contributed by atoms with Crippen molar-refractivity contribution in [2.45, 2.75) is 19.4 Å². The monoisotopic (exact) mass is 258 g/mol. The summed E-state index contributed by atoms with van der Waals surface area (Å²) in [5.74, 6) is 2.06. The van der Waals surface area contributed by atoms with Crippen LogP contribution in [0.5, 0.6) is 0 Å². The normalized spacial score (nSPS) is 11.8. The first-order valence-electron chi connectivity index (χ1n) is 5.76. The van der Waals surface area contributed by atoms with Crippen LogP contribution in [0.3, 0.4) is 0 Å². The first-order chi connectivity index (χ1) is 9.08. The maximum absolute atomic E-state index is 11.6. The number of nitro groups is 1. The first kappa shape index (κ1) is 14.5. The van der Waals surface area contributed by atoms with E-state index in [1.54, 1.807) is 18.2 Å². The van der Waals surface area contributed by atoms with E-state index in [9.17, 15) is 14.9 Å². The van der Waals surface area contributed by atoms with Crippen LogP contribution in [0.2, 0.25) is 0 Å². The van der Waals surface area contributed by atoms with Gasteiger partial charge in [0.1, 0.15) is 0 Å². The third-order valence-corrected chi connectivity index (χ3v) is 2.47. The van der Waals surface area contributed by atoms with Crippen molar-refractivity contribution in [2.24, 2.45) is 0 Å². The summed E-state index contributed by atoms with van der Waals surface area (Å²) in [5, 5.41) is 13.4. The van der Waals surface area contributed by atoms with Crippen molar-refractivity contribution in [1.82, 2.24) is 5.32 Å². The van der Waals surface area contributed by atoms with E-state index in [1.807, 2.05) is 6.92 Å². The van der Waals surface area contributed by atoms with Gasteiger partial charge >= 0.3 is 0 Å². The molecule has 1 aromatic rings. The maximum Gasteiger partial charge on any atom is 0.276 e. The molecule has 0 heterocycles. The Morgan fingerprint density at radius 3 is 2.84 bits per heavy atom. The molecule has 19 heavy (non-hydrogen) atoms. The van der Waals surface area contributed by atoms with E-state index in [0.29, 0.717) is 12.0 Å². The average molecular weight is 258 g/mol. The van der Waals surface area contributed by atoms with Crippen molar-refractivity contribution in [3.8, 4) is 12.3 Å². The molecule has 1 atom stereocenters. The Labute approximate surface area is 111 Å². The molecule has 0 aliphatic heterocycles. The second-order valence-electron chi connectivity index (χ2n) is 3.79. The van der Waals surface area contributed by atoms with E-state index in [-0.39, 0.29) is 17.6 Å². The number of hydrogen-bond donors (Lipinski definition) is 1. The predicted molar refractivity (Wildman–Crippen MR) is 73.2 cm³/mol. The third kappa shape index (κ3) is 4.28. The Bertz CT molecular complexity index is 544. The zero-order valence-corrected chi connectivity index (χ0v) is 10.5. The maximum atomic E-state index is 11.6. The minimum Gasteiger partial charge on any atom is -0.339 e. The number of nitro benzene ring substituents is 1. The summed E-state index contributed by atoms with van der Waals surface area (Å²) in [6, 6.07) is 5.86. The molecule has 0 saturated carbocycles. The van der Waals surface area contributed by atoms with Gasteiger partial charge in [0, 0.05) is 12.1 Å². The number of para-hydroxylation sites is 1. The van der Waals surface area contributed by atoms with E-state index in [1.165, 1.54) is 18.2 Å².